The van der Waals surface area contributed by atoms with E-state index in [9.17, 15) is 4.39 Å². The highest BCUT2D eigenvalue weighted by molar-refractivity contribution is 6.12. The second-order valence-electron chi connectivity index (χ2n) is 10.3. The van der Waals surface area contributed by atoms with Crippen LogP contribution in [0.5, 0.6) is 0 Å². The van der Waals surface area contributed by atoms with Gasteiger partial charge in [0.15, 0.2) is 5.82 Å². The summed E-state index contributed by atoms with van der Waals surface area (Å²) in [6.07, 6.45) is 13.7. The Labute approximate surface area is 245 Å². The number of hydrogen-bond acceptors (Lipinski definition) is 6. The summed E-state index contributed by atoms with van der Waals surface area (Å²) in [6.45, 7) is 6.39. The molecule has 0 saturated heterocycles. The minimum atomic E-state index is -0.494. The molecule has 0 amide bonds. The third-order valence-corrected chi connectivity index (χ3v) is 6.88. The van der Waals surface area contributed by atoms with E-state index in [4.69, 9.17) is 16.6 Å². The maximum absolute atomic E-state index is 16.6. The minimum Gasteiger partial charge on any atom is -0.402 e. The topological polar surface area (TPSA) is 109 Å². The van der Waals surface area contributed by atoms with E-state index in [1.165, 1.54) is 12.1 Å². The first-order valence-electron chi connectivity index (χ1n) is 13.8. The molecule has 4 rings (SSSR count). The second-order valence-corrected chi connectivity index (χ2v) is 10.3. The zero-order valence-corrected chi connectivity index (χ0v) is 24.7. The molecule has 3 aromatic rings. The number of pyridine rings is 1. The number of benzene rings is 1. The van der Waals surface area contributed by atoms with E-state index in [1.54, 1.807) is 30.5 Å². The van der Waals surface area contributed by atoms with Crippen LogP contribution in [0.15, 0.2) is 83.3 Å². The number of hydrogen-bond donors (Lipinski definition) is 3. The lowest BCUT2D eigenvalue weighted by Gasteiger charge is -2.15. The number of halogens is 2. The van der Waals surface area contributed by atoms with E-state index >= 15 is 4.39 Å². The molecular weight excluding hydrogens is 532 g/mol. The number of aromatic nitrogens is 3. The van der Waals surface area contributed by atoms with Crippen molar-refractivity contribution in [3.8, 4) is 0 Å². The Balaban J connectivity index is 1.86. The van der Waals surface area contributed by atoms with Crippen LogP contribution in [-0.4, -0.2) is 46.2 Å². The lowest BCUT2D eigenvalue weighted by Crippen LogP contribution is -2.17. The van der Waals surface area contributed by atoms with E-state index < -0.39 is 5.82 Å². The van der Waals surface area contributed by atoms with Crippen LogP contribution < -0.4 is 11.6 Å². The number of allylic oxidation sites excluding steroid dienone is 7. The first-order valence-corrected chi connectivity index (χ1v) is 13.8. The molecule has 2 heterocycles. The number of aryl methyl sites for hydroxylation is 1. The first-order chi connectivity index (χ1) is 20.2. The molecule has 0 saturated carbocycles. The highest BCUT2D eigenvalue weighted by Crippen LogP contribution is 2.31. The Hall–Kier alpha value is -4.63. The van der Waals surface area contributed by atoms with Gasteiger partial charge in [0.2, 0.25) is 0 Å². The normalized spacial score (nSPS) is 14.7. The van der Waals surface area contributed by atoms with Crippen LogP contribution in [0.3, 0.4) is 0 Å². The maximum atomic E-state index is 16.6. The predicted octanol–water partition coefficient (Wildman–Crippen LogP) is 5.65. The van der Waals surface area contributed by atoms with Crippen molar-refractivity contribution >= 4 is 16.9 Å². The molecule has 2 aromatic heterocycles. The van der Waals surface area contributed by atoms with Crippen LogP contribution in [0.4, 0.5) is 8.78 Å². The van der Waals surface area contributed by atoms with Gasteiger partial charge in [0.25, 0.3) is 0 Å². The van der Waals surface area contributed by atoms with E-state index in [0.29, 0.717) is 64.4 Å². The molecule has 1 aliphatic rings. The largest absolute Gasteiger partial charge is 0.402 e. The molecule has 0 atom stereocenters. The Morgan fingerprint density at radius 2 is 1.98 bits per heavy atom. The van der Waals surface area contributed by atoms with Gasteiger partial charge in [0.1, 0.15) is 17.3 Å². The van der Waals surface area contributed by atoms with Crippen molar-refractivity contribution in [2.45, 2.75) is 33.6 Å². The van der Waals surface area contributed by atoms with Crippen LogP contribution in [0.25, 0.3) is 11.1 Å². The average Bonchev–Trinajstić information content (AvgIpc) is 3.28. The zero-order valence-electron chi connectivity index (χ0n) is 24.7. The van der Waals surface area contributed by atoms with Gasteiger partial charge >= 0.3 is 0 Å². The predicted molar refractivity (Wildman–Crippen MR) is 167 cm³/mol. The number of nitrogens with one attached hydrogen (secondary N) is 1. The lowest BCUT2D eigenvalue weighted by molar-refractivity contribution is 0.449. The standard InChI is InChI=1S/C33H37F2N7/c1-6-10-20(19-42(4)5)15-21(7-2)26-18-38-27(8-3)29(30(26)35)32(41-37)33-39-28-17-24(36)13-14-25(31(28)40-33)22-11-9-12-23(34)16-22/h6-7,9-16,18H,8,17,19,36-37H2,1-5H3,(H,39,40)/b10-6+,20-15+,21-7+,41-32+. The highest BCUT2D eigenvalue weighted by Gasteiger charge is 2.26. The molecule has 0 bridgehead atoms. The smallest absolute Gasteiger partial charge is 0.159 e. The van der Waals surface area contributed by atoms with Crippen LogP contribution >= 0.6 is 0 Å². The fourth-order valence-corrected chi connectivity index (χ4v) is 5.01. The summed E-state index contributed by atoms with van der Waals surface area (Å²) < 4.78 is 30.7. The highest BCUT2D eigenvalue weighted by atomic mass is 19.1. The summed E-state index contributed by atoms with van der Waals surface area (Å²) in [5.74, 6) is 5.34. The number of fused-ring (bicyclic) bond motifs is 1. The summed E-state index contributed by atoms with van der Waals surface area (Å²) in [5, 5.41) is 4.02. The molecule has 0 fully saturated rings. The molecule has 218 valence electrons. The van der Waals surface area contributed by atoms with Gasteiger partial charge in [-0.05, 0) is 69.3 Å². The van der Waals surface area contributed by atoms with E-state index in [1.807, 2.05) is 64.1 Å². The number of hydrazone groups is 1. The molecule has 9 heteroatoms. The molecule has 7 nitrogen and oxygen atoms in total. The van der Waals surface area contributed by atoms with Gasteiger partial charge in [-0.2, -0.15) is 5.10 Å². The molecule has 42 heavy (non-hydrogen) atoms. The Morgan fingerprint density at radius 3 is 2.62 bits per heavy atom. The Morgan fingerprint density at radius 1 is 1.19 bits per heavy atom. The SMILES string of the molecule is C/C=C/C(=C\C(=C/C)c1cnc(CC)c(/C(=N\N)c2nc3c([nH]2)CC(N)=CC=C3c2cccc(F)c2)c1F)CN(C)C. The molecule has 1 aliphatic carbocycles. The van der Waals surface area contributed by atoms with Crippen LogP contribution in [0.1, 0.15) is 60.4 Å². The van der Waals surface area contributed by atoms with Crippen molar-refractivity contribution in [3.63, 3.8) is 0 Å². The van der Waals surface area contributed by atoms with Gasteiger partial charge in [0, 0.05) is 41.7 Å². The van der Waals surface area contributed by atoms with Crippen molar-refractivity contribution in [2.24, 2.45) is 16.7 Å². The number of likely N-dealkylation sites (N-methyl/N-ethyl adjacent to an activating group) is 1. The van der Waals surface area contributed by atoms with Gasteiger partial charge in [-0.3, -0.25) is 4.98 Å². The third kappa shape index (κ3) is 6.47. The Bertz CT molecular complexity index is 1650. The van der Waals surface area contributed by atoms with Crippen LogP contribution in [0.2, 0.25) is 0 Å². The maximum Gasteiger partial charge on any atom is 0.159 e. The number of rotatable bonds is 9. The molecule has 0 radical (unpaired) electrons. The summed E-state index contributed by atoms with van der Waals surface area (Å²) in [7, 11) is 3.96. The molecular formula is C33H37F2N7. The van der Waals surface area contributed by atoms with Gasteiger partial charge < -0.3 is 21.5 Å². The first kappa shape index (κ1) is 30.3. The quantitative estimate of drug-likeness (QED) is 0.133. The molecule has 5 N–H and O–H groups in total. The number of H-pyrrole nitrogens is 1. The number of aromatic amines is 1. The van der Waals surface area contributed by atoms with Crippen molar-refractivity contribution in [1.82, 2.24) is 19.9 Å². The van der Waals surface area contributed by atoms with E-state index in [0.717, 1.165) is 5.57 Å². The lowest BCUT2D eigenvalue weighted by atomic mass is 9.97. The van der Waals surface area contributed by atoms with Crippen molar-refractivity contribution in [3.05, 3.63) is 129 Å². The Kier molecular flexibility index (Phi) is 9.64. The monoisotopic (exact) mass is 569 g/mol. The fourth-order valence-electron chi connectivity index (χ4n) is 5.01. The van der Waals surface area contributed by atoms with Gasteiger partial charge in [-0.1, -0.05) is 49.4 Å². The second kappa shape index (κ2) is 13.4. The molecule has 0 spiro atoms. The molecule has 0 aliphatic heterocycles. The van der Waals surface area contributed by atoms with Crippen LogP contribution in [-0.2, 0) is 12.8 Å². The fraction of sp³-hybridized carbons (Fsp3) is 0.242. The van der Waals surface area contributed by atoms with E-state index in [2.05, 4.69) is 15.1 Å². The summed E-state index contributed by atoms with van der Waals surface area (Å²) >= 11 is 0. The van der Waals surface area contributed by atoms with Gasteiger partial charge in [-0.15, -0.1) is 0 Å². The number of nitrogens with two attached hydrogens (primary N) is 2. The molecule has 0 unspecified atom stereocenters. The van der Waals surface area contributed by atoms with Crippen LogP contribution in [0, 0.1) is 11.6 Å². The summed E-state index contributed by atoms with van der Waals surface area (Å²) in [4.78, 5) is 14.7. The zero-order chi connectivity index (χ0) is 30.4. The van der Waals surface area contributed by atoms with Crippen molar-refractivity contribution in [1.29, 1.82) is 0 Å². The van der Waals surface area contributed by atoms with Gasteiger partial charge in [0.05, 0.1) is 17.0 Å². The number of imidazole rings is 1. The summed E-state index contributed by atoms with van der Waals surface area (Å²) in [5.41, 5.74) is 12.2. The average molecular weight is 570 g/mol. The van der Waals surface area contributed by atoms with E-state index in [-0.39, 0.29) is 22.9 Å². The third-order valence-electron chi connectivity index (χ3n) is 6.88. The van der Waals surface area contributed by atoms with Gasteiger partial charge in [-0.25, -0.2) is 13.8 Å². The van der Waals surface area contributed by atoms with Crippen molar-refractivity contribution in [2.75, 3.05) is 20.6 Å². The summed E-state index contributed by atoms with van der Waals surface area (Å²) in [6, 6.07) is 6.25. The van der Waals surface area contributed by atoms with Crippen molar-refractivity contribution < 1.29 is 8.78 Å². The number of nitrogens with zero attached hydrogens (tertiary/aromatic N) is 4. The molecule has 1 aromatic carbocycles. The minimum absolute atomic E-state index is 0.134.